The maximum atomic E-state index is 12.9. The molecular formula is C22H22ClNO4. The molecule has 0 unspecified atom stereocenters. The first-order chi connectivity index (χ1) is 13.4. The van der Waals surface area contributed by atoms with E-state index in [0.717, 1.165) is 16.7 Å². The Bertz CT molecular complexity index is 980. The van der Waals surface area contributed by atoms with Crippen LogP contribution in [0.3, 0.4) is 0 Å². The standard InChI is InChI=1S/C22H22ClNO4/c1-13-5-7-16(11-14(13)2)19-20(23)22(26)24(21(19)25)10-9-15-6-8-17(27-3)18(12-15)28-4/h5-8,11-12H,9-10H2,1-4H3. The van der Waals surface area contributed by atoms with Gasteiger partial charge >= 0.3 is 0 Å². The van der Waals surface area contributed by atoms with Crippen LogP contribution >= 0.6 is 11.6 Å². The van der Waals surface area contributed by atoms with E-state index in [2.05, 4.69) is 0 Å². The lowest BCUT2D eigenvalue weighted by atomic mass is 10.0. The molecule has 1 aliphatic heterocycles. The highest BCUT2D eigenvalue weighted by molar-refractivity contribution is 6.55. The van der Waals surface area contributed by atoms with E-state index in [1.807, 2.05) is 44.2 Å². The number of ether oxygens (including phenoxy) is 2. The molecule has 6 heteroatoms. The molecule has 0 atom stereocenters. The summed E-state index contributed by atoms with van der Waals surface area (Å²) in [7, 11) is 3.13. The highest BCUT2D eigenvalue weighted by Crippen LogP contribution is 2.33. The molecule has 0 fully saturated rings. The van der Waals surface area contributed by atoms with Gasteiger partial charge in [-0.25, -0.2) is 0 Å². The maximum absolute atomic E-state index is 12.9. The molecule has 0 radical (unpaired) electrons. The van der Waals surface area contributed by atoms with Gasteiger partial charge in [0.2, 0.25) is 0 Å². The second kappa shape index (κ2) is 8.07. The van der Waals surface area contributed by atoms with Crippen LogP contribution in [-0.4, -0.2) is 37.5 Å². The number of carbonyl (C=O) groups excluding carboxylic acids is 2. The van der Waals surface area contributed by atoms with Gasteiger partial charge < -0.3 is 9.47 Å². The lowest BCUT2D eigenvalue weighted by Gasteiger charge is -2.16. The highest BCUT2D eigenvalue weighted by atomic mass is 35.5. The number of halogens is 1. The average Bonchev–Trinajstić information content (AvgIpc) is 2.90. The normalized spacial score (nSPS) is 14.1. The zero-order valence-electron chi connectivity index (χ0n) is 16.3. The molecule has 0 aliphatic carbocycles. The Morgan fingerprint density at radius 2 is 1.61 bits per heavy atom. The number of hydrogen-bond donors (Lipinski definition) is 0. The smallest absolute Gasteiger partial charge is 0.273 e. The molecule has 3 rings (SSSR count). The Balaban J connectivity index is 1.79. The number of imide groups is 1. The van der Waals surface area contributed by atoms with Crippen LogP contribution in [0.2, 0.25) is 0 Å². The van der Waals surface area contributed by atoms with Gasteiger partial charge in [-0.05, 0) is 54.7 Å². The first kappa shape index (κ1) is 20.0. The van der Waals surface area contributed by atoms with E-state index in [1.54, 1.807) is 20.3 Å². The summed E-state index contributed by atoms with van der Waals surface area (Å²) in [6, 6.07) is 11.1. The van der Waals surface area contributed by atoms with Gasteiger partial charge in [0.05, 0.1) is 19.8 Å². The van der Waals surface area contributed by atoms with Crippen LogP contribution < -0.4 is 9.47 Å². The summed E-state index contributed by atoms with van der Waals surface area (Å²) in [5.41, 5.74) is 4.01. The van der Waals surface area contributed by atoms with Crippen LogP contribution in [0.5, 0.6) is 11.5 Å². The molecule has 1 aliphatic rings. The van der Waals surface area contributed by atoms with E-state index in [4.69, 9.17) is 21.1 Å². The number of nitrogens with zero attached hydrogens (tertiary/aromatic N) is 1. The Morgan fingerprint density at radius 3 is 2.25 bits per heavy atom. The topological polar surface area (TPSA) is 55.8 Å². The predicted molar refractivity (Wildman–Crippen MR) is 109 cm³/mol. The Labute approximate surface area is 169 Å². The van der Waals surface area contributed by atoms with Crippen molar-refractivity contribution in [3.05, 3.63) is 63.7 Å². The third-order valence-electron chi connectivity index (χ3n) is 4.98. The predicted octanol–water partition coefficient (Wildman–Crippen LogP) is 3.88. The molecule has 2 aromatic rings. The minimum Gasteiger partial charge on any atom is -0.493 e. The fraction of sp³-hybridized carbons (Fsp3) is 0.273. The monoisotopic (exact) mass is 399 g/mol. The van der Waals surface area contributed by atoms with E-state index >= 15 is 0 Å². The van der Waals surface area contributed by atoms with Crippen LogP contribution in [0, 0.1) is 13.8 Å². The SMILES string of the molecule is COc1ccc(CCN2C(=O)C(Cl)=C(c3ccc(C)c(C)c3)C2=O)cc1OC. The third-order valence-corrected chi connectivity index (χ3v) is 5.33. The summed E-state index contributed by atoms with van der Waals surface area (Å²) in [5.74, 6) is 0.409. The average molecular weight is 400 g/mol. The molecule has 0 saturated carbocycles. The van der Waals surface area contributed by atoms with Crippen molar-refractivity contribution in [2.45, 2.75) is 20.3 Å². The van der Waals surface area contributed by atoms with Crippen molar-refractivity contribution in [1.82, 2.24) is 4.90 Å². The van der Waals surface area contributed by atoms with Gasteiger partial charge in [0.1, 0.15) is 5.03 Å². The Kier molecular flexibility index (Phi) is 5.75. The van der Waals surface area contributed by atoms with Crippen molar-refractivity contribution < 1.29 is 19.1 Å². The van der Waals surface area contributed by atoms with Crippen molar-refractivity contribution in [1.29, 1.82) is 0 Å². The van der Waals surface area contributed by atoms with Crippen molar-refractivity contribution >= 4 is 29.0 Å². The van der Waals surface area contributed by atoms with Gasteiger partial charge in [-0.15, -0.1) is 0 Å². The van der Waals surface area contributed by atoms with Gasteiger partial charge in [0, 0.05) is 6.54 Å². The third kappa shape index (κ3) is 3.62. The van der Waals surface area contributed by atoms with Gasteiger partial charge in [0.15, 0.2) is 11.5 Å². The molecule has 0 saturated heterocycles. The molecule has 2 aromatic carbocycles. The molecule has 0 bridgehead atoms. The van der Waals surface area contributed by atoms with Crippen LogP contribution in [0.1, 0.15) is 22.3 Å². The van der Waals surface area contributed by atoms with Gasteiger partial charge in [-0.3, -0.25) is 14.5 Å². The number of amides is 2. The van der Waals surface area contributed by atoms with Crippen molar-refractivity contribution in [2.75, 3.05) is 20.8 Å². The van der Waals surface area contributed by atoms with Crippen molar-refractivity contribution in [2.24, 2.45) is 0 Å². The molecule has 0 aromatic heterocycles. The zero-order chi connectivity index (χ0) is 20.4. The molecule has 28 heavy (non-hydrogen) atoms. The number of benzene rings is 2. The zero-order valence-corrected chi connectivity index (χ0v) is 17.1. The fourth-order valence-electron chi connectivity index (χ4n) is 3.17. The van der Waals surface area contributed by atoms with Gasteiger partial charge in [-0.2, -0.15) is 0 Å². The van der Waals surface area contributed by atoms with Gasteiger partial charge in [-0.1, -0.05) is 35.9 Å². The van der Waals surface area contributed by atoms with E-state index in [0.29, 0.717) is 23.5 Å². The minimum absolute atomic E-state index is 0.0273. The van der Waals surface area contributed by atoms with E-state index < -0.39 is 5.91 Å². The highest BCUT2D eigenvalue weighted by Gasteiger charge is 2.37. The first-order valence-electron chi connectivity index (χ1n) is 8.92. The summed E-state index contributed by atoms with van der Waals surface area (Å²) < 4.78 is 10.5. The van der Waals surface area contributed by atoms with Crippen molar-refractivity contribution in [3.63, 3.8) is 0 Å². The van der Waals surface area contributed by atoms with E-state index in [9.17, 15) is 9.59 Å². The quantitative estimate of drug-likeness (QED) is 0.692. The van der Waals surface area contributed by atoms with Crippen LogP contribution in [-0.2, 0) is 16.0 Å². The van der Waals surface area contributed by atoms with E-state index in [1.165, 1.54) is 4.90 Å². The summed E-state index contributed by atoms with van der Waals surface area (Å²) in [6.45, 7) is 4.19. The second-order valence-electron chi connectivity index (χ2n) is 6.69. The fourth-order valence-corrected chi connectivity index (χ4v) is 3.47. The van der Waals surface area contributed by atoms with E-state index in [-0.39, 0.29) is 23.1 Å². The lowest BCUT2D eigenvalue weighted by Crippen LogP contribution is -2.33. The summed E-state index contributed by atoms with van der Waals surface area (Å²) in [6.07, 6.45) is 0.488. The number of carbonyl (C=O) groups is 2. The number of aryl methyl sites for hydroxylation is 2. The number of rotatable bonds is 6. The molecule has 0 spiro atoms. The number of methoxy groups -OCH3 is 2. The molecule has 0 N–H and O–H groups in total. The van der Waals surface area contributed by atoms with Crippen LogP contribution in [0.15, 0.2) is 41.4 Å². The van der Waals surface area contributed by atoms with Gasteiger partial charge in [0.25, 0.3) is 11.8 Å². The summed E-state index contributed by atoms with van der Waals surface area (Å²) in [5, 5.41) is -0.0273. The second-order valence-corrected chi connectivity index (χ2v) is 7.07. The minimum atomic E-state index is -0.458. The Morgan fingerprint density at radius 1 is 0.893 bits per heavy atom. The maximum Gasteiger partial charge on any atom is 0.273 e. The molecule has 1 heterocycles. The van der Waals surface area contributed by atoms with Crippen LogP contribution in [0.4, 0.5) is 0 Å². The molecule has 146 valence electrons. The van der Waals surface area contributed by atoms with Crippen molar-refractivity contribution in [3.8, 4) is 11.5 Å². The van der Waals surface area contributed by atoms with Crippen LogP contribution in [0.25, 0.3) is 5.57 Å². The lowest BCUT2D eigenvalue weighted by molar-refractivity contribution is -0.136. The Hall–Kier alpha value is -2.79. The molecule has 2 amide bonds. The molecule has 5 nitrogen and oxygen atoms in total. The largest absolute Gasteiger partial charge is 0.493 e. The first-order valence-corrected chi connectivity index (χ1v) is 9.29. The molecular weight excluding hydrogens is 378 g/mol. The summed E-state index contributed by atoms with van der Waals surface area (Å²) >= 11 is 6.24. The summed E-state index contributed by atoms with van der Waals surface area (Å²) in [4.78, 5) is 26.7. The number of hydrogen-bond acceptors (Lipinski definition) is 4.